The molecule has 1 aromatic rings. The van der Waals surface area contributed by atoms with E-state index in [9.17, 15) is 14.0 Å². The van der Waals surface area contributed by atoms with Gasteiger partial charge < -0.3 is 14.4 Å². The first-order valence-electron chi connectivity index (χ1n) is 6.86. The molecule has 1 rings (SSSR count). The standard InChI is InChI=1S/C16H22FNO3/c1-16(2,3)21-15(20)18(4)11-13(9-10-19)12-5-7-14(17)8-6-12/h5-8,10,13H,9,11H2,1-4H3/t13-/m1/s1. The van der Waals surface area contributed by atoms with Gasteiger partial charge in [0.25, 0.3) is 0 Å². The Hall–Kier alpha value is -1.91. The molecule has 0 N–H and O–H groups in total. The quantitative estimate of drug-likeness (QED) is 0.782. The van der Waals surface area contributed by atoms with Gasteiger partial charge in [0.1, 0.15) is 17.7 Å². The fourth-order valence-electron chi connectivity index (χ4n) is 1.91. The van der Waals surface area contributed by atoms with E-state index in [-0.39, 0.29) is 18.2 Å². The number of hydrogen-bond acceptors (Lipinski definition) is 3. The van der Waals surface area contributed by atoms with Crippen LogP contribution in [0.15, 0.2) is 24.3 Å². The molecule has 0 spiro atoms. The van der Waals surface area contributed by atoms with E-state index in [0.717, 1.165) is 11.8 Å². The molecule has 1 aromatic carbocycles. The molecule has 0 aliphatic rings. The molecule has 1 amide bonds. The molecule has 1 atom stereocenters. The van der Waals surface area contributed by atoms with Gasteiger partial charge in [0.2, 0.25) is 0 Å². The second kappa shape index (κ2) is 7.20. The van der Waals surface area contributed by atoms with E-state index in [0.29, 0.717) is 6.54 Å². The Labute approximate surface area is 124 Å². The van der Waals surface area contributed by atoms with Gasteiger partial charge in [-0.25, -0.2) is 9.18 Å². The molecule has 0 bridgehead atoms. The van der Waals surface area contributed by atoms with Gasteiger partial charge in [0, 0.05) is 25.9 Å². The van der Waals surface area contributed by atoms with Crippen molar-refractivity contribution in [1.29, 1.82) is 0 Å². The maximum atomic E-state index is 13.0. The van der Waals surface area contributed by atoms with E-state index in [1.54, 1.807) is 40.0 Å². The fourth-order valence-corrected chi connectivity index (χ4v) is 1.91. The second-order valence-electron chi connectivity index (χ2n) is 6.01. The highest BCUT2D eigenvalue weighted by atomic mass is 19.1. The topological polar surface area (TPSA) is 46.6 Å². The zero-order chi connectivity index (χ0) is 16.0. The minimum atomic E-state index is -0.568. The lowest BCUT2D eigenvalue weighted by atomic mass is 9.96. The van der Waals surface area contributed by atoms with Crippen LogP contribution in [-0.4, -0.2) is 36.5 Å². The molecule has 21 heavy (non-hydrogen) atoms. The van der Waals surface area contributed by atoms with Gasteiger partial charge in [-0.05, 0) is 38.5 Å². The summed E-state index contributed by atoms with van der Waals surface area (Å²) in [6, 6.07) is 5.96. The SMILES string of the molecule is CN(C[C@@H](CC=O)c1ccc(F)cc1)C(=O)OC(C)(C)C. The van der Waals surface area contributed by atoms with Gasteiger partial charge in [-0.15, -0.1) is 0 Å². The maximum Gasteiger partial charge on any atom is 0.410 e. The average molecular weight is 295 g/mol. The Morgan fingerprint density at radius 1 is 1.33 bits per heavy atom. The largest absolute Gasteiger partial charge is 0.444 e. The first-order chi connectivity index (χ1) is 9.73. The van der Waals surface area contributed by atoms with Crippen molar-refractivity contribution in [3.63, 3.8) is 0 Å². The number of likely N-dealkylation sites (N-methyl/N-ethyl adjacent to an activating group) is 1. The van der Waals surface area contributed by atoms with Crippen LogP contribution in [0.25, 0.3) is 0 Å². The van der Waals surface area contributed by atoms with E-state index < -0.39 is 11.7 Å². The van der Waals surface area contributed by atoms with Gasteiger partial charge in [-0.2, -0.15) is 0 Å². The zero-order valence-corrected chi connectivity index (χ0v) is 12.9. The van der Waals surface area contributed by atoms with Crippen molar-refractivity contribution in [3.8, 4) is 0 Å². The molecule has 0 fully saturated rings. The van der Waals surface area contributed by atoms with Crippen LogP contribution in [0.3, 0.4) is 0 Å². The van der Waals surface area contributed by atoms with Gasteiger partial charge >= 0.3 is 6.09 Å². The summed E-state index contributed by atoms with van der Waals surface area (Å²) in [5, 5.41) is 0. The number of aldehydes is 1. The van der Waals surface area contributed by atoms with Crippen molar-refractivity contribution < 1.29 is 18.7 Å². The van der Waals surface area contributed by atoms with Crippen LogP contribution in [0.1, 0.15) is 38.7 Å². The molecule has 0 radical (unpaired) electrons. The molecule has 0 aliphatic heterocycles. The summed E-state index contributed by atoms with van der Waals surface area (Å²) in [6.45, 7) is 5.71. The molecule has 5 heteroatoms. The van der Waals surface area contributed by atoms with Crippen molar-refractivity contribution >= 4 is 12.4 Å². The highest BCUT2D eigenvalue weighted by Crippen LogP contribution is 2.21. The minimum Gasteiger partial charge on any atom is -0.444 e. The van der Waals surface area contributed by atoms with E-state index in [1.165, 1.54) is 17.0 Å². The van der Waals surface area contributed by atoms with Crippen LogP contribution in [0.5, 0.6) is 0 Å². The van der Waals surface area contributed by atoms with Crippen LogP contribution >= 0.6 is 0 Å². The second-order valence-corrected chi connectivity index (χ2v) is 6.01. The monoisotopic (exact) mass is 295 g/mol. The normalized spacial score (nSPS) is 12.6. The van der Waals surface area contributed by atoms with Crippen LogP contribution in [0.2, 0.25) is 0 Å². The van der Waals surface area contributed by atoms with Crippen molar-refractivity contribution in [2.24, 2.45) is 0 Å². The summed E-state index contributed by atoms with van der Waals surface area (Å²) in [5.74, 6) is -0.510. The molecule has 0 aromatic heterocycles. The number of nitrogens with zero attached hydrogens (tertiary/aromatic N) is 1. The van der Waals surface area contributed by atoms with Gasteiger partial charge in [-0.1, -0.05) is 12.1 Å². The fraction of sp³-hybridized carbons (Fsp3) is 0.500. The molecule has 4 nitrogen and oxygen atoms in total. The lowest BCUT2D eigenvalue weighted by Crippen LogP contribution is -2.36. The third-order valence-electron chi connectivity index (χ3n) is 2.92. The number of benzene rings is 1. The van der Waals surface area contributed by atoms with E-state index in [4.69, 9.17) is 4.74 Å². The minimum absolute atomic E-state index is 0.180. The van der Waals surface area contributed by atoms with E-state index >= 15 is 0 Å². The van der Waals surface area contributed by atoms with Crippen molar-refractivity contribution in [3.05, 3.63) is 35.6 Å². The lowest BCUT2D eigenvalue weighted by Gasteiger charge is -2.27. The number of hydrogen-bond donors (Lipinski definition) is 0. The van der Waals surface area contributed by atoms with Crippen LogP contribution in [0, 0.1) is 5.82 Å². The van der Waals surface area contributed by atoms with E-state index in [2.05, 4.69) is 0 Å². The number of carbonyl (C=O) groups excluding carboxylic acids is 2. The Balaban J connectivity index is 2.76. The highest BCUT2D eigenvalue weighted by molar-refractivity contribution is 5.68. The summed E-state index contributed by atoms with van der Waals surface area (Å²) in [4.78, 5) is 24.2. The van der Waals surface area contributed by atoms with Crippen LogP contribution in [-0.2, 0) is 9.53 Å². The Kier molecular flexibility index (Phi) is 5.88. The Morgan fingerprint density at radius 3 is 2.38 bits per heavy atom. The Bertz CT molecular complexity index is 479. The smallest absolute Gasteiger partial charge is 0.410 e. The summed E-state index contributed by atoms with van der Waals surface area (Å²) >= 11 is 0. The van der Waals surface area contributed by atoms with Crippen molar-refractivity contribution in [1.82, 2.24) is 4.90 Å². The molecule has 0 saturated carbocycles. The summed E-state index contributed by atoms with van der Waals surface area (Å²) in [6.07, 6.45) is 0.621. The van der Waals surface area contributed by atoms with Crippen LogP contribution in [0.4, 0.5) is 9.18 Å². The Morgan fingerprint density at radius 2 is 1.90 bits per heavy atom. The molecular formula is C16H22FNO3. The van der Waals surface area contributed by atoms with Gasteiger partial charge in [0.15, 0.2) is 0 Å². The number of rotatable bonds is 5. The van der Waals surface area contributed by atoms with Crippen LogP contribution < -0.4 is 0 Å². The first-order valence-corrected chi connectivity index (χ1v) is 6.86. The number of carbonyl (C=O) groups is 2. The van der Waals surface area contributed by atoms with Crippen molar-refractivity contribution in [2.75, 3.05) is 13.6 Å². The molecular weight excluding hydrogens is 273 g/mol. The number of ether oxygens (including phenoxy) is 1. The van der Waals surface area contributed by atoms with Crippen molar-refractivity contribution in [2.45, 2.75) is 38.7 Å². The third-order valence-corrected chi connectivity index (χ3v) is 2.92. The number of amides is 1. The summed E-state index contributed by atoms with van der Waals surface area (Å²) in [5.41, 5.74) is 0.250. The summed E-state index contributed by atoms with van der Waals surface area (Å²) in [7, 11) is 1.62. The number of halogens is 1. The van der Waals surface area contributed by atoms with E-state index in [1.807, 2.05) is 0 Å². The van der Waals surface area contributed by atoms with Gasteiger partial charge in [-0.3, -0.25) is 0 Å². The predicted molar refractivity (Wildman–Crippen MR) is 78.7 cm³/mol. The predicted octanol–water partition coefficient (Wildman–Crippen LogP) is 3.37. The lowest BCUT2D eigenvalue weighted by molar-refractivity contribution is -0.108. The maximum absolute atomic E-state index is 13.0. The molecule has 0 saturated heterocycles. The summed E-state index contributed by atoms with van der Waals surface area (Å²) < 4.78 is 18.2. The van der Waals surface area contributed by atoms with Gasteiger partial charge in [0.05, 0.1) is 0 Å². The molecule has 0 unspecified atom stereocenters. The zero-order valence-electron chi connectivity index (χ0n) is 12.9. The molecule has 0 heterocycles. The molecule has 116 valence electrons. The first kappa shape index (κ1) is 17.1. The average Bonchev–Trinajstić information content (AvgIpc) is 2.37. The highest BCUT2D eigenvalue weighted by Gasteiger charge is 2.22. The molecule has 0 aliphatic carbocycles. The third kappa shape index (κ3) is 5.94.